The molecule has 21 heavy (non-hydrogen) atoms. The van der Waals surface area contributed by atoms with Crippen molar-refractivity contribution in [1.29, 1.82) is 0 Å². The van der Waals surface area contributed by atoms with Gasteiger partial charge < -0.3 is 14.8 Å². The van der Waals surface area contributed by atoms with Gasteiger partial charge >= 0.3 is 7.12 Å². The van der Waals surface area contributed by atoms with E-state index in [9.17, 15) is 10.0 Å². The Labute approximate surface area is 123 Å². The quantitative estimate of drug-likeness (QED) is 0.809. The monoisotopic (exact) mass is 287 g/mol. The topological polar surface area (TPSA) is 80.4 Å². The molecular weight excluding hydrogens is 269 g/mol. The molecule has 3 rings (SSSR count). The SMILES string of the molecule is Cc1cccc(-c2c(B(O)O)cnn2C2CCCCO2)n1. The highest BCUT2D eigenvalue weighted by Gasteiger charge is 2.27. The molecule has 1 aliphatic rings. The Morgan fingerprint density at radius 3 is 2.86 bits per heavy atom. The molecule has 1 unspecified atom stereocenters. The lowest BCUT2D eigenvalue weighted by Crippen LogP contribution is -2.32. The molecule has 0 radical (unpaired) electrons. The van der Waals surface area contributed by atoms with Crippen LogP contribution < -0.4 is 5.46 Å². The summed E-state index contributed by atoms with van der Waals surface area (Å²) in [7, 11) is -1.58. The molecule has 2 aromatic rings. The highest BCUT2D eigenvalue weighted by molar-refractivity contribution is 6.60. The minimum atomic E-state index is -1.58. The minimum Gasteiger partial charge on any atom is -0.423 e. The number of pyridine rings is 1. The van der Waals surface area contributed by atoms with Crippen molar-refractivity contribution in [3.8, 4) is 11.4 Å². The predicted octanol–water partition coefficient (Wildman–Crippen LogP) is 0.632. The first-order chi connectivity index (χ1) is 10.2. The van der Waals surface area contributed by atoms with E-state index < -0.39 is 7.12 Å². The van der Waals surface area contributed by atoms with Gasteiger partial charge in [0.05, 0.1) is 11.4 Å². The molecule has 1 fully saturated rings. The van der Waals surface area contributed by atoms with E-state index in [1.807, 2.05) is 25.1 Å². The van der Waals surface area contributed by atoms with Crippen LogP contribution in [0.3, 0.4) is 0 Å². The number of rotatable bonds is 3. The maximum Gasteiger partial charge on any atom is 0.492 e. The van der Waals surface area contributed by atoms with Gasteiger partial charge in [0.15, 0.2) is 6.23 Å². The molecule has 110 valence electrons. The smallest absolute Gasteiger partial charge is 0.423 e. The van der Waals surface area contributed by atoms with Gasteiger partial charge in [-0.1, -0.05) is 6.07 Å². The molecule has 7 heteroatoms. The number of aromatic nitrogens is 3. The van der Waals surface area contributed by atoms with Crippen molar-refractivity contribution in [1.82, 2.24) is 14.8 Å². The number of hydrogen-bond donors (Lipinski definition) is 2. The fourth-order valence-corrected chi connectivity index (χ4v) is 2.64. The summed E-state index contributed by atoms with van der Waals surface area (Å²) in [6.45, 7) is 2.60. The molecule has 2 aromatic heterocycles. The predicted molar refractivity (Wildman–Crippen MR) is 78.9 cm³/mol. The molecule has 0 saturated carbocycles. The van der Waals surface area contributed by atoms with Crippen LogP contribution >= 0.6 is 0 Å². The highest BCUT2D eigenvalue weighted by atomic mass is 16.5. The van der Waals surface area contributed by atoms with Gasteiger partial charge in [-0.25, -0.2) is 4.68 Å². The first-order valence-corrected chi connectivity index (χ1v) is 7.16. The van der Waals surface area contributed by atoms with Crippen molar-refractivity contribution in [3.05, 3.63) is 30.1 Å². The Hall–Kier alpha value is -1.70. The second-order valence-electron chi connectivity index (χ2n) is 5.25. The summed E-state index contributed by atoms with van der Waals surface area (Å²) in [4.78, 5) is 4.48. The number of nitrogens with zero attached hydrogens (tertiary/aromatic N) is 3. The molecule has 0 aliphatic carbocycles. The van der Waals surface area contributed by atoms with Crippen molar-refractivity contribution < 1.29 is 14.8 Å². The lowest BCUT2D eigenvalue weighted by molar-refractivity contribution is -0.0383. The van der Waals surface area contributed by atoms with Crippen LogP contribution in [0.4, 0.5) is 0 Å². The van der Waals surface area contributed by atoms with Crippen LogP contribution in [-0.2, 0) is 4.74 Å². The van der Waals surface area contributed by atoms with Crippen LogP contribution in [0.15, 0.2) is 24.4 Å². The van der Waals surface area contributed by atoms with Crippen LogP contribution in [0.5, 0.6) is 0 Å². The van der Waals surface area contributed by atoms with Crippen molar-refractivity contribution in [2.24, 2.45) is 0 Å². The fraction of sp³-hybridized carbons (Fsp3) is 0.429. The number of ether oxygens (including phenoxy) is 1. The van der Waals surface area contributed by atoms with Gasteiger partial charge in [-0.05, 0) is 38.3 Å². The molecular formula is C14H18BN3O3. The van der Waals surface area contributed by atoms with Gasteiger partial charge in [0.25, 0.3) is 0 Å². The first-order valence-electron chi connectivity index (χ1n) is 7.16. The summed E-state index contributed by atoms with van der Waals surface area (Å²) in [6, 6.07) is 5.63. The third kappa shape index (κ3) is 2.85. The average molecular weight is 287 g/mol. The molecule has 0 aromatic carbocycles. The van der Waals surface area contributed by atoms with Gasteiger partial charge in [0, 0.05) is 24.0 Å². The van der Waals surface area contributed by atoms with Crippen molar-refractivity contribution >= 4 is 12.6 Å². The van der Waals surface area contributed by atoms with E-state index in [1.165, 1.54) is 6.20 Å². The lowest BCUT2D eigenvalue weighted by atomic mass is 9.80. The summed E-state index contributed by atoms with van der Waals surface area (Å²) in [5.41, 5.74) is 2.50. The van der Waals surface area contributed by atoms with Gasteiger partial charge in [-0.15, -0.1) is 0 Å². The summed E-state index contributed by atoms with van der Waals surface area (Å²) < 4.78 is 7.48. The van der Waals surface area contributed by atoms with Crippen LogP contribution in [0.25, 0.3) is 11.4 Å². The van der Waals surface area contributed by atoms with Gasteiger partial charge in [0.2, 0.25) is 0 Å². The normalized spacial score (nSPS) is 18.7. The third-order valence-electron chi connectivity index (χ3n) is 3.66. The Kier molecular flexibility index (Phi) is 4.05. The summed E-state index contributed by atoms with van der Waals surface area (Å²) in [5, 5.41) is 23.5. The highest BCUT2D eigenvalue weighted by Crippen LogP contribution is 2.26. The van der Waals surface area contributed by atoms with Crippen molar-refractivity contribution in [3.63, 3.8) is 0 Å². The molecule has 1 aliphatic heterocycles. The number of hydrogen-bond acceptors (Lipinski definition) is 5. The van der Waals surface area contributed by atoms with E-state index in [2.05, 4.69) is 10.1 Å². The zero-order valence-corrected chi connectivity index (χ0v) is 11.9. The Balaban J connectivity index is 2.08. The average Bonchev–Trinajstić information content (AvgIpc) is 2.93. The van der Waals surface area contributed by atoms with Gasteiger partial charge in [0.1, 0.15) is 0 Å². The molecule has 2 N–H and O–H groups in total. The molecule has 1 saturated heterocycles. The molecule has 1 atom stereocenters. The molecule has 0 bridgehead atoms. The summed E-state index contributed by atoms with van der Waals surface area (Å²) >= 11 is 0. The maximum absolute atomic E-state index is 9.58. The minimum absolute atomic E-state index is 0.177. The van der Waals surface area contributed by atoms with Crippen LogP contribution in [0.2, 0.25) is 0 Å². The Morgan fingerprint density at radius 2 is 2.19 bits per heavy atom. The lowest BCUT2D eigenvalue weighted by Gasteiger charge is -2.24. The van der Waals surface area contributed by atoms with E-state index in [-0.39, 0.29) is 6.23 Å². The molecule has 6 nitrogen and oxygen atoms in total. The summed E-state index contributed by atoms with van der Waals surface area (Å²) in [6.07, 6.45) is 4.28. The third-order valence-corrected chi connectivity index (χ3v) is 3.66. The molecule has 3 heterocycles. The van der Waals surface area contributed by atoms with Crippen LogP contribution in [-0.4, -0.2) is 38.5 Å². The zero-order chi connectivity index (χ0) is 14.8. The fourth-order valence-electron chi connectivity index (χ4n) is 2.64. The van der Waals surface area contributed by atoms with Crippen LogP contribution in [0, 0.1) is 6.92 Å². The van der Waals surface area contributed by atoms with Gasteiger partial charge in [-0.3, -0.25) is 4.98 Å². The second-order valence-corrected chi connectivity index (χ2v) is 5.25. The van der Waals surface area contributed by atoms with E-state index in [0.717, 1.165) is 25.0 Å². The molecule has 0 spiro atoms. The largest absolute Gasteiger partial charge is 0.492 e. The van der Waals surface area contributed by atoms with Crippen LogP contribution in [0.1, 0.15) is 31.2 Å². The van der Waals surface area contributed by atoms with E-state index in [1.54, 1.807) is 4.68 Å². The standard InChI is InChI=1S/C14H18BN3O3/c1-10-5-4-6-12(17-10)14-11(15(19)20)9-16-18(14)13-7-2-3-8-21-13/h4-6,9,13,19-20H,2-3,7-8H2,1H3. The maximum atomic E-state index is 9.58. The van der Waals surface area contributed by atoms with E-state index in [0.29, 0.717) is 23.5 Å². The van der Waals surface area contributed by atoms with Crippen molar-refractivity contribution in [2.75, 3.05) is 6.61 Å². The van der Waals surface area contributed by atoms with E-state index >= 15 is 0 Å². The van der Waals surface area contributed by atoms with Crippen molar-refractivity contribution in [2.45, 2.75) is 32.4 Å². The second kappa shape index (κ2) is 5.97. The first kappa shape index (κ1) is 14.3. The van der Waals surface area contributed by atoms with Gasteiger partial charge in [-0.2, -0.15) is 5.10 Å². The Morgan fingerprint density at radius 1 is 1.33 bits per heavy atom. The summed E-state index contributed by atoms with van der Waals surface area (Å²) in [5.74, 6) is 0. The van der Waals surface area contributed by atoms with E-state index in [4.69, 9.17) is 4.74 Å². The zero-order valence-electron chi connectivity index (χ0n) is 11.9. The Bertz CT molecular complexity index is 624. The molecule has 0 amide bonds. The number of aryl methyl sites for hydroxylation is 1.